The minimum atomic E-state index is -0.682. The van der Waals surface area contributed by atoms with Crippen LogP contribution in [0.3, 0.4) is 0 Å². The molecule has 1 fully saturated rings. The van der Waals surface area contributed by atoms with Crippen molar-refractivity contribution >= 4 is 23.4 Å². The van der Waals surface area contributed by atoms with Gasteiger partial charge in [-0.05, 0) is 23.8 Å². The van der Waals surface area contributed by atoms with Crippen molar-refractivity contribution in [3.63, 3.8) is 0 Å². The van der Waals surface area contributed by atoms with Gasteiger partial charge in [-0.3, -0.25) is 4.79 Å². The van der Waals surface area contributed by atoms with Crippen molar-refractivity contribution in [1.29, 1.82) is 0 Å². The van der Waals surface area contributed by atoms with Crippen molar-refractivity contribution in [2.24, 2.45) is 5.92 Å². The van der Waals surface area contributed by atoms with Gasteiger partial charge in [0, 0.05) is 25.1 Å². The Balaban J connectivity index is 1.93. The van der Waals surface area contributed by atoms with Gasteiger partial charge in [0.1, 0.15) is 11.6 Å². The third kappa shape index (κ3) is 3.17. The van der Waals surface area contributed by atoms with E-state index >= 15 is 0 Å². The van der Waals surface area contributed by atoms with Crippen molar-refractivity contribution < 1.29 is 18.3 Å². The van der Waals surface area contributed by atoms with Gasteiger partial charge in [-0.1, -0.05) is 17.7 Å². The van der Waals surface area contributed by atoms with Crippen LogP contribution in [0.2, 0.25) is 5.15 Å². The molecule has 8 heteroatoms. The molecule has 2 unspecified atom stereocenters. The first-order valence-electron chi connectivity index (χ1n) is 7.26. The van der Waals surface area contributed by atoms with Crippen LogP contribution < -0.4 is 4.90 Å². The number of methoxy groups -OCH3 is 1. The molecule has 0 radical (unpaired) electrons. The second kappa shape index (κ2) is 6.68. The Bertz CT molecular complexity index is 757. The lowest BCUT2D eigenvalue weighted by atomic mass is 9.88. The normalized spacial score (nSPS) is 20.2. The summed E-state index contributed by atoms with van der Waals surface area (Å²) < 4.78 is 32.2. The topological polar surface area (TPSA) is 55.3 Å². The third-order valence-electron chi connectivity index (χ3n) is 4.13. The lowest BCUT2D eigenvalue weighted by molar-refractivity contribution is -0.145. The number of anilines is 1. The summed E-state index contributed by atoms with van der Waals surface area (Å²) in [5, 5.41) is 8.01. The summed E-state index contributed by atoms with van der Waals surface area (Å²) in [6.45, 7) is 0.628. The van der Waals surface area contributed by atoms with E-state index in [2.05, 4.69) is 10.2 Å². The van der Waals surface area contributed by atoms with Crippen LogP contribution in [0.25, 0.3) is 0 Å². The van der Waals surface area contributed by atoms with Gasteiger partial charge < -0.3 is 9.64 Å². The molecular formula is C16H14ClF2N3O2. The van der Waals surface area contributed by atoms with Gasteiger partial charge in [0.05, 0.1) is 13.0 Å². The van der Waals surface area contributed by atoms with Crippen molar-refractivity contribution in [3.05, 3.63) is 52.7 Å². The number of esters is 1. The van der Waals surface area contributed by atoms with Gasteiger partial charge in [-0.2, -0.15) is 0 Å². The lowest BCUT2D eigenvalue weighted by Crippen LogP contribution is -2.25. The molecule has 1 aromatic carbocycles. The fourth-order valence-corrected chi connectivity index (χ4v) is 3.08. The third-order valence-corrected chi connectivity index (χ3v) is 4.33. The molecule has 2 atom stereocenters. The van der Waals surface area contributed by atoms with Gasteiger partial charge in [0.15, 0.2) is 11.0 Å². The van der Waals surface area contributed by atoms with Crippen LogP contribution in [-0.4, -0.2) is 36.4 Å². The molecule has 24 heavy (non-hydrogen) atoms. The van der Waals surface area contributed by atoms with E-state index in [1.807, 2.05) is 0 Å². The number of hydrogen-bond donors (Lipinski definition) is 0. The minimum absolute atomic E-state index is 0.253. The molecule has 1 aliphatic rings. The quantitative estimate of drug-likeness (QED) is 0.794. The zero-order valence-electron chi connectivity index (χ0n) is 12.7. The van der Waals surface area contributed by atoms with Gasteiger partial charge in [-0.25, -0.2) is 8.78 Å². The Hall–Kier alpha value is -2.28. The van der Waals surface area contributed by atoms with Gasteiger partial charge in [0.2, 0.25) is 0 Å². The SMILES string of the molecule is COC(=O)C1CN(c2ccc(Cl)nn2)CC1c1ccc(F)cc1F. The number of rotatable bonds is 3. The smallest absolute Gasteiger partial charge is 0.311 e. The summed E-state index contributed by atoms with van der Waals surface area (Å²) in [5.41, 5.74) is 0.274. The van der Waals surface area contributed by atoms with E-state index in [1.165, 1.54) is 19.2 Å². The lowest BCUT2D eigenvalue weighted by Gasteiger charge is -2.17. The maximum atomic E-state index is 14.2. The summed E-state index contributed by atoms with van der Waals surface area (Å²) >= 11 is 5.73. The first kappa shape index (κ1) is 16.6. The average Bonchev–Trinajstić information content (AvgIpc) is 2.99. The molecule has 1 aromatic heterocycles. The highest BCUT2D eigenvalue weighted by molar-refractivity contribution is 6.29. The van der Waals surface area contributed by atoms with Gasteiger partial charge in [0.25, 0.3) is 0 Å². The zero-order valence-corrected chi connectivity index (χ0v) is 13.5. The fraction of sp³-hybridized carbons (Fsp3) is 0.312. The Morgan fingerprint density at radius 1 is 1.25 bits per heavy atom. The number of aromatic nitrogens is 2. The molecule has 126 valence electrons. The summed E-state index contributed by atoms with van der Waals surface area (Å²) in [6.07, 6.45) is 0. The highest BCUT2D eigenvalue weighted by atomic mass is 35.5. The van der Waals surface area contributed by atoms with Crippen molar-refractivity contribution in [3.8, 4) is 0 Å². The van der Waals surface area contributed by atoms with E-state index in [4.69, 9.17) is 16.3 Å². The van der Waals surface area contributed by atoms with E-state index in [9.17, 15) is 13.6 Å². The van der Waals surface area contributed by atoms with Crippen LogP contribution in [-0.2, 0) is 9.53 Å². The van der Waals surface area contributed by atoms with Crippen molar-refractivity contribution in [1.82, 2.24) is 10.2 Å². The van der Waals surface area contributed by atoms with E-state index in [0.29, 0.717) is 18.9 Å². The number of carbonyl (C=O) groups excluding carboxylic acids is 1. The number of nitrogens with zero attached hydrogens (tertiary/aromatic N) is 3. The average molecular weight is 354 g/mol. The van der Waals surface area contributed by atoms with Gasteiger partial charge in [-0.15, -0.1) is 10.2 Å². The maximum absolute atomic E-state index is 14.2. The molecule has 1 aliphatic heterocycles. The minimum Gasteiger partial charge on any atom is -0.469 e. The molecule has 5 nitrogen and oxygen atoms in total. The molecule has 1 saturated heterocycles. The summed E-state index contributed by atoms with van der Waals surface area (Å²) in [7, 11) is 1.28. The molecule has 2 heterocycles. The largest absolute Gasteiger partial charge is 0.469 e. The van der Waals surface area contributed by atoms with Crippen LogP contribution in [0.5, 0.6) is 0 Å². The second-order valence-electron chi connectivity index (χ2n) is 5.52. The first-order valence-corrected chi connectivity index (χ1v) is 7.64. The van der Waals surface area contributed by atoms with Crippen LogP contribution in [0.1, 0.15) is 11.5 Å². The molecule has 0 spiro atoms. The van der Waals surface area contributed by atoms with Crippen LogP contribution in [0.15, 0.2) is 30.3 Å². The van der Waals surface area contributed by atoms with Crippen molar-refractivity contribution in [2.45, 2.75) is 5.92 Å². The number of halogens is 3. The Kier molecular flexibility index (Phi) is 4.62. The standard InChI is InChI=1S/C16H14ClF2N3O2/c1-24-16(23)12-8-22(15-5-4-14(17)20-21-15)7-11(12)10-3-2-9(18)6-13(10)19/h2-6,11-12H,7-8H2,1H3. The molecule has 0 N–H and O–H groups in total. The zero-order chi connectivity index (χ0) is 17.3. The summed E-state index contributed by atoms with van der Waals surface area (Å²) in [4.78, 5) is 13.9. The maximum Gasteiger partial charge on any atom is 0.311 e. The summed E-state index contributed by atoms with van der Waals surface area (Å²) in [5.74, 6) is -2.34. The van der Waals surface area contributed by atoms with E-state index in [0.717, 1.165) is 6.07 Å². The predicted octanol–water partition coefficient (Wildman–Crippen LogP) is 2.80. The van der Waals surface area contributed by atoms with Crippen LogP contribution in [0.4, 0.5) is 14.6 Å². The molecule has 0 bridgehead atoms. The fourth-order valence-electron chi connectivity index (χ4n) is 2.98. The highest BCUT2D eigenvalue weighted by Crippen LogP contribution is 2.36. The molecule has 0 saturated carbocycles. The predicted molar refractivity (Wildman–Crippen MR) is 83.9 cm³/mol. The van der Waals surface area contributed by atoms with E-state index in [-0.39, 0.29) is 10.7 Å². The molecule has 2 aromatic rings. The van der Waals surface area contributed by atoms with Crippen LogP contribution in [0, 0.1) is 17.6 Å². The number of hydrogen-bond acceptors (Lipinski definition) is 5. The highest BCUT2D eigenvalue weighted by Gasteiger charge is 2.41. The first-order chi connectivity index (χ1) is 11.5. The number of ether oxygens (including phenoxy) is 1. The Labute approximate surface area is 142 Å². The second-order valence-corrected chi connectivity index (χ2v) is 5.91. The number of benzene rings is 1. The molecule has 3 rings (SSSR count). The Morgan fingerprint density at radius 2 is 2.04 bits per heavy atom. The molecule has 0 aliphatic carbocycles. The molecule has 0 amide bonds. The summed E-state index contributed by atoms with van der Waals surface area (Å²) in [6, 6.07) is 6.62. The monoisotopic (exact) mass is 353 g/mol. The van der Waals surface area contributed by atoms with E-state index in [1.54, 1.807) is 17.0 Å². The Morgan fingerprint density at radius 3 is 2.67 bits per heavy atom. The van der Waals surface area contributed by atoms with Crippen molar-refractivity contribution in [2.75, 3.05) is 25.1 Å². The van der Waals surface area contributed by atoms with Gasteiger partial charge >= 0.3 is 5.97 Å². The molecular weight excluding hydrogens is 340 g/mol. The number of carbonyl (C=O) groups is 1. The van der Waals surface area contributed by atoms with Crippen LogP contribution >= 0.6 is 11.6 Å². The van der Waals surface area contributed by atoms with E-state index < -0.39 is 29.4 Å².